The molecule has 1 atom stereocenters. The van der Waals surface area contributed by atoms with Crippen LogP contribution in [0.2, 0.25) is 0 Å². The second kappa shape index (κ2) is 8.48. The van der Waals surface area contributed by atoms with E-state index in [1.54, 1.807) is 19.4 Å². The van der Waals surface area contributed by atoms with Crippen LogP contribution in [0.15, 0.2) is 18.3 Å². The molecule has 0 aromatic carbocycles. The summed E-state index contributed by atoms with van der Waals surface area (Å²) in [4.78, 5) is 16.2. The summed E-state index contributed by atoms with van der Waals surface area (Å²) in [6.07, 6.45) is 3.47. The maximum atomic E-state index is 12.0. The SMILES string of the molecule is CCCNc1ccc(C(=O)NC(CC)COC)cn1. The molecule has 0 aliphatic carbocycles. The third-order valence-electron chi connectivity index (χ3n) is 2.78. The Kier molecular flexibility index (Phi) is 6.89. The molecule has 106 valence electrons. The Bertz CT molecular complexity index is 379. The van der Waals surface area contributed by atoms with E-state index >= 15 is 0 Å². The molecule has 1 amide bonds. The summed E-state index contributed by atoms with van der Waals surface area (Å²) in [5.74, 6) is 0.681. The minimum absolute atomic E-state index is 0.0374. The van der Waals surface area contributed by atoms with Gasteiger partial charge in [0.15, 0.2) is 0 Å². The van der Waals surface area contributed by atoms with Crippen molar-refractivity contribution in [1.29, 1.82) is 0 Å². The van der Waals surface area contributed by atoms with Crippen LogP contribution in [0.4, 0.5) is 5.82 Å². The molecule has 1 rings (SSSR count). The van der Waals surface area contributed by atoms with Gasteiger partial charge in [-0.25, -0.2) is 4.98 Å². The zero-order chi connectivity index (χ0) is 14.1. The van der Waals surface area contributed by atoms with Crippen molar-refractivity contribution in [1.82, 2.24) is 10.3 Å². The van der Waals surface area contributed by atoms with Crippen molar-refractivity contribution in [2.45, 2.75) is 32.7 Å². The molecule has 1 aromatic heterocycles. The van der Waals surface area contributed by atoms with Crippen molar-refractivity contribution in [3.63, 3.8) is 0 Å². The molecule has 0 saturated carbocycles. The van der Waals surface area contributed by atoms with Crippen molar-refractivity contribution >= 4 is 11.7 Å². The zero-order valence-electron chi connectivity index (χ0n) is 11.9. The second-order valence-electron chi connectivity index (χ2n) is 4.39. The number of methoxy groups -OCH3 is 1. The summed E-state index contributed by atoms with van der Waals surface area (Å²) in [5.41, 5.74) is 0.566. The highest BCUT2D eigenvalue weighted by Crippen LogP contribution is 2.06. The van der Waals surface area contributed by atoms with E-state index in [1.165, 1.54) is 0 Å². The molecule has 5 nitrogen and oxygen atoms in total. The molecule has 5 heteroatoms. The first kappa shape index (κ1) is 15.4. The van der Waals surface area contributed by atoms with Crippen molar-refractivity contribution in [3.8, 4) is 0 Å². The second-order valence-corrected chi connectivity index (χ2v) is 4.39. The largest absolute Gasteiger partial charge is 0.383 e. The first-order valence-corrected chi connectivity index (χ1v) is 6.71. The minimum atomic E-state index is -0.113. The Morgan fingerprint density at radius 1 is 1.42 bits per heavy atom. The molecule has 0 spiro atoms. The molecule has 0 fully saturated rings. The number of aromatic nitrogens is 1. The number of carbonyl (C=O) groups excluding carboxylic acids is 1. The highest BCUT2D eigenvalue weighted by molar-refractivity contribution is 5.94. The lowest BCUT2D eigenvalue weighted by molar-refractivity contribution is 0.0894. The van der Waals surface area contributed by atoms with E-state index in [4.69, 9.17) is 4.74 Å². The summed E-state index contributed by atoms with van der Waals surface area (Å²) in [6.45, 7) is 5.51. The number of rotatable bonds is 8. The van der Waals surface area contributed by atoms with Gasteiger partial charge in [0, 0.05) is 19.9 Å². The fourth-order valence-electron chi connectivity index (χ4n) is 1.62. The number of hydrogen-bond acceptors (Lipinski definition) is 4. The predicted octanol–water partition coefficient (Wildman–Crippen LogP) is 2.06. The quantitative estimate of drug-likeness (QED) is 0.755. The standard InChI is InChI=1S/C14H23N3O2/c1-4-8-15-13-7-6-11(9-16-13)14(18)17-12(5-2)10-19-3/h6-7,9,12H,4-5,8,10H2,1-3H3,(H,15,16)(H,17,18). The number of amides is 1. The summed E-state index contributed by atoms with van der Waals surface area (Å²) in [6, 6.07) is 3.64. The lowest BCUT2D eigenvalue weighted by atomic mass is 10.2. The highest BCUT2D eigenvalue weighted by atomic mass is 16.5. The predicted molar refractivity (Wildman–Crippen MR) is 76.4 cm³/mol. The zero-order valence-corrected chi connectivity index (χ0v) is 11.9. The van der Waals surface area contributed by atoms with E-state index in [-0.39, 0.29) is 11.9 Å². The van der Waals surface area contributed by atoms with E-state index in [0.717, 1.165) is 25.2 Å². The smallest absolute Gasteiger partial charge is 0.253 e. The van der Waals surface area contributed by atoms with Gasteiger partial charge in [-0.3, -0.25) is 4.79 Å². The molecule has 0 aliphatic heterocycles. The van der Waals surface area contributed by atoms with Gasteiger partial charge in [0.2, 0.25) is 0 Å². The van der Waals surface area contributed by atoms with Crippen LogP contribution in [0, 0.1) is 0 Å². The maximum Gasteiger partial charge on any atom is 0.253 e. The van der Waals surface area contributed by atoms with Crippen molar-refractivity contribution < 1.29 is 9.53 Å². The van der Waals surface area contributed by atoms with Crippen molar-refractivity contribution in [2.24, 2.45) is 0 Å². The van der Waals surface area contributed by atoms with E-state index in [9.17, 15) is 4.79 Å². The van der Waals surface area contributed by atoms with E-state index in [1.807, 2.05) is 13.0 Å². The summed E-state index contributed by atoms with van der Waals surface area (Å²) >= 11 is 0. The van der Waals surface area contributed by atoms with Gasteiger partial charge >= 0.3 is 0 Å². The third-order valence-corrected chi connectivity index (χ3v) is 2.78. The first-order chi connectivity index (χ1) is 9.21. The Labute approximate surface area is 114 Å². The van der Waals surface area contributed by atoms with Crippen LogP contribution in [0.25, 0.3) is 0 Å². The van der Waals surface area contributed by atoms with Crippen LogP contribution >= 0.6 is 0 Å². The van der Waals surface area contributed by atoms with Crippen molar-refractivity contribution in [3.05, 3.63) is 23.9 Å². The average Bonchev–Trinajstić information content (AvgIpc) is 2.45. The number of carbonyl (C=O) groups is 1. The van der Waals surface area contributed by atoms with Crippen LogP contribution in [0.3, 0.4) is 0 Å². The molecule has 0 radical (unpaired) electrons. The molecular formula is C14H23N3O2. The number of nitrogens with zero attached hydrogens (tertiary/aromatic N) is 1. The van der Waals surface area contributed by atoms with Crippen molar-refractivity contribution in [2.75, 3.05) is 25.6 Å². The summed E-state index contributed by atoms with van der Waals surface area (Å²) in [5, 5.41) is 6.09. The van der Waals surface area contributed by atoms with Crippen LogP contribution in [0.5, 0.6) is 0 Å². The van der Waals surface area contributed by atoms with Gasteiger partial charge in [0.25, 0.3) is 5.91 Å². The molecule has 1 aromatic rings. The molecule has 1 unspecified atom stereocenters. The Morgan fingerprint density at radius 3 is 2.74 bits per heavy atom. The van der Waals surface area contributed by atoms with Gasteiger partial charge < -0.3 is 15.4 Å². The van der Waals surface area contributed by atoms with Gasteiger partial charge in [0.05, 0.1) is 18.2 Å². The fraction of sp³-hybridized carbons (Fsp3) is 0.571. The third kappa shape index (κ3) is 5.26. The van der Waals surface area contributed by atoms with E-state index < -0.39 is 0 Å². The maximum absolute atomic E-state index is 12.0. The van der Waals surface area contributed by atoms with E-state index in [2.05, 4.69) is 22.5 Å². The normalized spacial score (nSPS) is 11.9. The highest BCUT2D eigenvalue weighted by Gasteiger charge is 2.12. The monoisotopic (exact) mass is 265 g/mol. The molecule has 0 bridgehead atoms. The van der Waals surface area contributed by atoms with Gasteiger partial charge in [0.1, 0.15) is 5.82 Å². The molecule has 0 saturated heterocycles. The molecular weight excluding hydrogens is 242 g/mol. The number of anilines is 1. The molecule has 19 heavy (non-hydrogen) atoms. The number of nitrogens with one attached hydrogen (secondary N) is 2. The van der Waals surface area contributed by atoms with Crippen LogP contribution in [0.1, 0.15) is 37.0 Å². The Hall–Kier alpha value is -1.62. The minimum Gasteiger partial charge on any atom is -0.383 e. The Balaban J connectivity index is 2.56. The van der Waals surface area contributed by atoms with Crippen LogP contribution in [-0.2, 0) is 4.74 Å². The fourth-order valence-corrected chi connectivity index (χ4v) is 1.62. The topological polar surface area (TPSA) is 63.2 Å². The van der Waals surface area contributed by atoms with Gasteiger partial charge in [-0.2, -0.15) is 0 Å². The Morgan fingerprint density at radius 2 is 2.21 bits per heavy atom. The van der Waals surface area contributed by atoms with Crippen LogP contribution in [-0.4, -0.2) is 37.2 Å². The van der Waals surface area contributed by atoms with Gasteiger partial charge in [-0.1, -0.05) is 13.8 Å². The lowest BCUT2D eigenvalue weighted by Crippen LogP contribution is -2.37. The lowest BCUT2D eigenvalue weighted by Gasteiger charge is -2.15. The molecule has 2 N–H and O–H groups in total. The first-order valence-electron chi connectivity index (χ1n) is 6.71. The number of ether oxygens (including phenoxy) is 1. The summed E-state index contributed by atoms with van der Waals surface area (Å²) < 4.78 is 5.05. The molecule has 0 aliphatic rings. The summed E-state index contributed by atoms with van der Waals surface area (Å²) in [7, 11) is 1.63. The number of pyridine rings is 1. The van der Waals surface area contributed by atoms with Gasteiger partial charge in [-0.15, -0.1) is 0 Å². The van der Waals surface area contributed by atoms with E-state index in [0.29, 0.717) is 12.2 Å². The molecule has 1 heterocycles. The average molecular weight is 265 g/mol. The van der Waals surface area contributed by atoms with Gasteiger partial charge in [-0.05, 0) is 25.0 Å². The van der Waals surface area contributed by atoms with Crippen LogP contribution < -0.4 is 10.6 Å². The number of hydrogen-bond donors (Lipinski definition) is 2.